The zero-order valence-electron chi connectivity index (χ0n) is 10.6. The highest BCUT2D eigenvalue weighted by molar-refractivity contribution is 5.95. The Labute approximate surface area is 102 Å². The largest absolute Gasteiger partial charge is 0.396 e. The monoisotopic (exact) mass is 238 g/mol. The molecule has 5 nitrogen and oxygen atoms in total. The number of amides is 1. The molecule has 0 aliphatic heterocycles. The Kier molecular flexibility index (Phi) is 5.00. The van der Waals surface area contributed by atoms with E-state index in [2.05, 4.69) is 18.9 Å². The summed E-state index contributed by atoms with van der Waals surface area (Å²) in [6, 6.07) is 0. The molecule has 0 aromatic carbocycles. The summed E-state index contributed by atoms with van der Waals surface area (Å²) in [5, 5.41) is 4.12. The highest BCUT2D eigenvalue weighted by atomic mass is 16.1. The van der Waals surface area contributed by atoms with E-state index in [4.69, 9.17) is 11.5 Å². The summed E-state index contributed by atoms with van der Waals surface area (Å²) in [6.07, 6.45) is 6.39. The number of carbonyl (C=O) groups is 1. The average Bonchev–Trinajstić information content (AvgIpc) is 2.65. The molecule has 1 rings (SSSR count). The molecule has 0 fully saturated rings. The number of carbonyl (C=O) groups excluding carboxylic acids is 1. The summed E-state index contributed by atoms with van der Waals surface area (Å²) >= 11 is 0. The van der Waals surface area contributed by atoms with E-state index < -0.39 is 5.91 Å². The van der Waals surface area contributed by atoms with Gasteiger partial charge >= 0.3 is 0 Å². The van der Waals surface area contributed by atoms with Gasteiger partial charge in [-0.2, -0.15) is 5.10 Å². The van der Waals surface area contributed by atoms with Crippen LogP contribution in [0.25, 0.3) is 0 Å². The van der Waals surface area contributed by atoms with Crippen molar-refractivity contribution in [2.24, 2.45) is 11.7 Å². The Bertz CT molecular complexity index is 373. The van der Waals surface area contributed by atoms with E-state index in [1.165, 1.54) is 19.3 Å². The van der Waals surface area contributed by atoms with E-state index in [0.717, 1.165) is 13.0 Å². The summed E-state index contributed by atoms with van der Waals surface area (Å²) in [7, 11) is 0. The maximum absolute atomic E-state index is 11.0. The van der Waals surface area contributed by atoms with Gasteiger partial charge in [0.15, 0.2) is 5.69 Å². The molecule has 1 unspecified atom stereocenters. The Balaban J connectivity index is 2.66. The molecule has 0 spiro atoms. The Hall–Kier alpha value is -1.52. The standard InChI is InChI=1S/C12H22N4O/c1-3-5-6-9(4-2)7-16-8-10(13)11(15-16)12(14)17/h8-9H,3-7,13H2,1-2H3,(H2,14,17). The zero-order chi connectivity index (χ0) is 12.8. The molecule has 0 bridgehead atoms. The lowest BCUT2D eigenvalue weighted by molar-refractivity contribution is 0.0995. The molecular formula is C12H22N4O. The lowest BCUT2D eigenvalue weighted by atomic mass is 10.00. The summed E-state index contributed by atoms with van der Waals surface area (Å²) in [4.78, 5) is 11.0. The Morgan fingerprint density at radius 1 is 1.53 bits per heavy atom. The van der Waals surface area contributed by atoms with Crippen molar-refractivity contribution < 1.29 is 4.79 Å². The van der Waals surface area contributed by atoms with Gasteiger partial charge in [-0.3, -0.25) is 9.48 Å². The van der Waals surface area contributed by atoms with Crippen LogP contribution in [0.1, 0.15) is 50.0 Å². The fourth-order valence-corrected chi connectivity index (χ4v) is 1.90. The van der Waals surface area contributed by atoms with Crippen LogP contribution < -0.4 is 11.5 Å². The number of nitrogens with zero attached hydrogens (tertiary/aromatic N) is 2. The first-order valence-electron chi connectivity index (χ1n) is 6.21. The van der Waals surface area contributed by atoms with Crippen molar-refractivity contribution in [1.82, 2.24) is 9.78 Å². The molecule has 0 radical (unpaired) electrons. The van der Waals surface area contributed by atoms with Gasteiger partial charge in [0.05, 0.1) is 5.69 Å². The van der Waals surface area contributed by atoms with Crippen molar-refractivity contribution in [3.8, 4) is 0 Å². The topological polar surface area (TPSA) is 86.9 Å². The second-order valence-electron chi connectivity index (χ2n) is 4.44. The molecule has 4 N–H and O–H groups in total. The number of hydrogen-bond acceptors (Lipinski definition) is 3. The van der Waals surface area contributed by atoms with Crippen molar-refractivity contribution in [1.29, 1.82) is 0 Å². The molecule has 1 amide bonds. The molecule has 17 heavy (non-hydrogen) atoms. The molecule has 0 aliphatic rings. The normalized spacial score (nSPS) is 12.6. The number of primary amides is 1. The van der Waals surface area contributed by atoms with Crippen LogP contribution in [0.15, 0.2) is 6.20 Å². The van der Waals surface area contributed by atoms with Crippen LogP contribution in [0, 0.1) is 5.92 Å². The third-order valence-corrected chi connectivity index (χ3v) is 3.01. The smallest absolute Gasteiger partial charge is 0.271 e. The summed E-state index contributed by atoms with van der Waals surface area (Å²) in [5.41, 5.74) is 11.4. The maximum Gasteiger partial charge on any atom is 0.271 e. The highest BCUT2D eigenvalue weighted by Gasteiger charge is 2.13. The molecule has 0 saturated carbocycles. The summed E-state index contributed by atoms with van der Waals surface area (Å²) in [5.74, 6) is 0.0119. The lowest BCUT2D eigenvalue weighted by Crippen LogP contribution is -2.15. The van der Waals surface area contributed by atoms with Gasteiger partial charge in [0, 0.05) is 12.7 Å². The second-order valence-corrected chi connectivity index (χ2v) is 4.44. The predicted molar refractivity (Wildman–Crippen MR) is 68.5 cm³/mol. The lowest BCUT2D eigenvalue weighted by Gasteiger charge is -2.13. The van der Waals surface area contributed by atoms with Crippen LogP contribution in [0.4, 0.5) is 5.69 Å². The van der Waals surface area contributed by atoms with Gasteiger partial charge in [-0.05, 0) is 12.3 Å². The average molecular weight is 238 g/mol. The van der Waals surface area contributed by atoms with Crippen LogP contribution in [0.5, 0.6) is 0 Å². The van der Waals surface area contributed by atoms with Crippen LogP contribution in [-0.2, 0) is 6.54 Å². The van der Waals surface area contributed by atoms with Gasteiger partial charge in [-0.15, -0.1) is 0 Å². The van der Waals surface area contributed by atoms with E-state index in [0.29, 0.717) is 11.6 Å². The third-order valence-electron chi connectivity index (χ3n) is 3.01. The van der Waals surface area contributed by atoms with Crippen molar-refractivity contribution in [3.63, 3.8) is 0 Å². The van der Waals surface area contributed by atoms with Gasteiger partial charge < -0.3 is 11.5 Å². The van der Waals surface area contributed by atoms with Crippen molar-refractivity contribution >= 4 is 11.6 Å². The number of nitrogens with two attached hydrogens (primary N) is 2. The van der Waals surface area contributed by atoms with E-state index in [1.54, 1.807) is 10.9 Å². The number of nitrogen functional groups attached to an aromatic ring is 1. The quantitative estimate of drug-likeness (QED) is 0.759. The first kappa shape index (κ1) is 13.5. The zero-order valence-corrected chi connectivity index (χ0v) is 10.6. The minimum atomic E-state index is -0.567. The number of hydrogen-bond donors (Lipinski definition) is 2. The molecular weight excluding hydrogens is 216 g/mol. The number of unbranched alkanes of at least 4 members (excludes halogenated alkanes) is 1. The maximum atomic E-state index is 11.0. The second kappa shape index (κ2) is 6.27. The van der Waals surface area contributed by atoms with E-state index in [-0.39, 0.29) is 5.69 Å². The van der Waals surface area contributed by atoms with E-state index in [1.807, 2.05) is 0 Å². The molecule has 0 aliphatic carbocycles. The first-order valence-corrected chi connectivity index (χ1v) is 6.21. The van der Waals surface area contributed by atoms with Crippen LogP contribution in [0.3, 0.4) is 0 Å². The van der Waals surface area contributed by atoms with E-state index >= 15 is 0 Å². The molecule has 1 aromatic rings. The minimum Gasteiger partial charge on any atom is -0.396 e. The minimum absolute atomic E-state index is 0.176. The van der Waals surface area contributed by atoms with E-state index in [9.17, 15) is 4.79 Å². The van der Waals surface area contributed by atoms with Gasteiger partial charge in [0.1, 0.15) is 0 Å². The number of rotatable bonds is 7. The molecule has 1 aromatic heterocycles. The molecule has 5 heteroatoms. The van der Waals surface area contributed by atoms with Crippen molar-refractivity contribution in [2.45, 2.75) is 46.1 Å². The van der Waals surface area contributed by atoms with Gasteiger partial charge in [-0.25, -0.2) is 0 Å². The molecule has 0 saturated heterocycles. The SMILES string of the molecule is CCCCC(CC)Cn1cc(N)c(C(N)=O)n1. The van der Waals surface area contributed by atoms with Crippen molar-refractivity contribution in [2.75, 3.05) is 5.73 Å². The fraction of sp³-hybridized carbons (Fsp3) is 0.667. The number of anilines is 1. The Morgan fingerprint density at radius 3 is 2.71 bits per heavy atom. The van der Waals surface area contributed by atoms with Gasteiger partial charge in [-0.1, -0.05) is 33.1 Å². The van der Waals surface area contributed by atoms with Crippen LogP contribution in [0.2, 0.25) is 0 Å². The van der Waals surface area contributed by atoms with Crippen LogP contribution in [-0.4, -0.2) is 15.7 Å². The fourth-order valence-electron chi connectivity index (χ4n) is 1.90. The number of aromatic nitrogens is 2. The summed E-state index contributed by atoms with van der Waals surface area (Å²) in [6.45, 7) is 5.15. The molecule has 1 heterocycles. The van der Waals surface area contributed by atoms with Crippen molar-refractivity contribution in [3.05, 3.63) is 11.9 Å². The third kappa shape index (κ3) is 3.76. The van der Waals surface area contributed by atoms with Gasteiger partial charge in [0.2, 0.25) is 0 Å². The van der Waals surface area contributed by atoms with Gasteiger partial charge in [0.25, 0.3) is 5.91 Å². The Morgan fingerprint density at radius 2 is 2.24 bits per heavy atom. The highest BCUT2D eigenvalue weighted by Crippen LogP contribution is 2.16. The first-order chi connectivity index (χ1) is 8.08. The predicted octanol–water partition coefficient (Wildman–Crippen LogP) is 1.78. The van der Waals surface area contributed by atoms with Crippen LogP contribution >= 0.6 is 0 Å². The summed E-state index contributed by atoms with van der Waals surface area (Å²) < 4.78 is 1.74. The molecule has 1 atom stereocenters. The molecule has 96 valence electrons.